The number of hydrogen-bond acceptors (Lipinski definition) is 3. The van der Waals surface area contributed by atoms with Crippen LogP contribution in [0, 0.1) is 11.3 Å². The molecule has 74 valence electrons. The first-order valence-electron chi connectivity index (χ1n) is 4.75. The predicted molar refractivity (Wildman–Crippen MR) is 57.7 cm³/mol. The number of nitrogen functional groups attached to an aromatic ring is 1. The lowest BCUT2D eigenvalue weighted by Crippen LogP contribution is -2.18. The van der Waals surface area contributed by atoms with E-state index in [4.69, 9.17) is 11.0 Å². The summed E-state index contributed by atoms with van der Waals surface area (Å²) in [5, 5.41) is 11.5. The number of nitriles is 1. The van der Waals surface area contributed by atoms with Crippen LogP contribution in [0.25, 0.3) is 0 Å². The Hall–Kier alpha value is -1.53. The molecule has 3 heteroatoms. The molecule has 0 aliphatic rings. The fourth-order valence-electron chi connectivity index (χ4n) is 1.25. The summed E-state index contributed by atoms with van der Waals surface area (Å²) in [4.78, 5) is 0. The van der Waals surface area contributed by atoms with Crippen LogP contribution < -0.4 is 11.1 Å². The van der Waals surface area contributed by atoms with Gasteiger partial charge in [-0.2, -0.15) is 5.26 Å². The Balaban J connectivity index is 2.22. The number of nitrogens with one attached hydrogen (secondary N) is 1. The van der Waals surface area contributed by atoms with Crippen LogP contribution in [0.15, 0.2) is 24.3 Å². The van der Waals surface area contributed by atoms with Crippen LogP contribution in [0.4, 0.5) is 5.69 Å². The molecule has 0 heterocycles. The van der Waals surface area contributed by atoms with Gasteiger partial charge in [-0.3, -0.25) is 0 Å². The van der Waals surface area contributed by atoms with Gasteiger partial charge in [0.1, 0.15) is 0 Å². The zero-order chi connectivity index (χ0) is 10.2. The number of rotatable bonds is 5. The minimum atomic E-state index is 0.566. The second-order valence-electron chi connectivity index (χ2n) is 3.15. The maximum Gasteiger partial charge on any atom is 0.0635 e. The van der Waals surface area contributed by atoms with Crippen LogP contribution in [-0.2, 0) is 6.42 Å². The first-order chi connectivity index (χ1) is 6.83. The summed E-state index contributed by atoms with van der Waals surface area (Å²) in [5.74, 6) is 0. The molecule has 3 nitrogen and oxygen atoms in total. The zero-order valence-electron chi connectivity index (χ0n) is 8.16. The van der Waals surface area contributed by atoms with Crippen LogP contribution >= 0.6 is 0 Å². The summed E-state index contributed by atoms with van der Waals surface area (Å²) in [6.45, 7) is 1.66. The molecule has 0 saturated heterocycles. The monoisotopic (exact) mass is 189 g/mol. The van der Waals surface area contributed by atoms with Crippen molar-refractivity contribution >= 4 is 5.69 Å². The smallest absolute Gasteiger partial charge is 0.0635 e. The normalized spacial score (nSPS) is 9.64. The number of nitrogens with two attached hydrogens (primary N) is 1. The Morgan fingerprint density at radius 2 is 2.21 bits per heavy atom. The summed E-state index contributed by atoms with van der Waals surface area (Å²) in [6.07, 6.45) is 1.52. The third kappa shape index (κ3) is 3.92. The highest BCUT2D eigenvalue weighted by molar-refractivity contribution is 5.40. The van der Waals surface area contributed by atoms with Crippen LogP contribution in [0.5, 0.6) is 0 Å². The molecule has 1 aromatic carbocycles. The lowest BCUT2D eigenvalue weighted by atomic mass is 10.1. The van der Waals surface area contributed by atoms with Crippen LogP contribution in [-0.4, -0.2) is 13.1 Å². The molecule has 3 N–H and O–H groups in total. The standard InChI is InChI=1S/C11H15N3/c12-6-2-7-14-8-5-10-3-1-4-11(13)9-10/h1,3-4,9,14H,2,5,7-8,13H2. The van der Waals surface area contributed by atoms with E-state index in [-0.39, 0.29) is 0 Å². The molecule has 0 amide bonds. The molecular formula is C11H15N3. The van der Waals surface area contributed by atoms with E-state index >= 15 is 0 Å². The highest BCUT2D eigenvalue weighted by Gasteiger charge is 1.93. The Bertz CT molecular complexity index is 315. The van der Waals surface area contributed by atoms with E-state index in [1.807, 2.05) is 18.2 Å². The molecule has 14 heavy (non-hydrogen) atoms. The lowest BCUT2D eigenvalue weighted by molar-refractivity contribution is 0.692. The van der Waals surface area contributed by atoms with Gasteiger partial charge < -0.3 is 11.1 Å². The highest BCUT2D eigenvalue weighted by atomic mass is 14.8. The first kappa shape index (κ1) is 10.6. The molecule has 0 aliphatic heterocycles. The van der Waals surface area contributed by atoms with E-state index in [1.165, 1.54) is 5.56 Å². The van der Waals surface area contributed by atoms with Gasteiger partial charge in [0, 0.05) is 18.7 Å². The summed E-state index contributed by atoms with van der Waals surface area (Å²) in [6, 6.07) is 9.97. The SMILES string of the molecule is N#CCCNCCc1cccc(N)c1. The van der Waals surface area contributed by atoms with Crippen molar-refractivity contribution < 1.29 is 0 Å². The Morgan fingerprint density at radius 1 is 1.36 bits per heavy atom. The van der Waals surface area contributed by atoms with Gasteiger partial charge >= 0.3 is 0 Å². The summed E-state index contributed by atoms with van der Waals surface area (Å²) in [5.41, 5.74) is 7.68. The van der Waals surface area contributed by atoms with E-state index in [9.17, 15) is 0 Å². The molecule has 0 fully saturated rings. The minimum absolute atomic E-state index is 0.566. The molecule has 0 saturated carbocycles. The van der Waals surface area contributed by atoms with Crippen molar-refractivity contribution in [3.8, 4) is 6.07 Å². The van der Waals surface area contributed by atoms with Gasteiger partial charge in [0.25, 0.3) is 0 Å². The van der Waals surface area contributed by atoms with E-state index in [2.05, 4.69) is 17.5 Å². The second kappa shape index (κ2) is 6.01. The van der Waals surface area contributed by atoms with Crippen LogP contribution in [0.2, 0.25) is 0 Å². The van der Waals surface area contributed by atoms with E-state index in [1.54, 1.807) is 0 Å². The van der Waals surface area contributed by atoms with Gasteiger partial charge in [-0.05, 0) is 30.7 Å². The molecule has 0 bridgehead atoms. The Kier molecular flexibility index (Phi) is 4.53. The van der Waals surface area contributed by atoms with Crippen molar-refractivity contribution in [1.29, 1.82) is 5.26 Å². The van der Waals surface area contributed by atoms with Crippen molar-refractivity contribution in [3.63, 3.8) is 0 Å². The van der Waals surface area contributed by atoms with Gasteiger partial charge in [-0.25, -0.2) is 0 Å². The number of anilines is 1. The van der Waals surface area contributed by atoms with E-state index < -0.39 is 0 Å². The fraction of sp³-hybridized carbons (Fsp3) is 0.364. The summed E-state index contributed by atoms with van der Waals surface area (Å²) in [7, 11) is 0. The molecule has 0 aliphatic carbocycles. The third-order valence-electron chi connectivity index (χ3n) is 1.96. The quantitative estimate of drug-likeness (QED) is 0.542. The van der Waals surface area contributed by atoms with Crippen molar-refractivity contribution in [2.45, 2.75) is 12.8 Å². The second-order valence-corrected chi connectivity index (χ2v) is 3.15. The topological polar surface area (TPSA) is 61.8 Å². The molecule has 0 atom stereocenters. The molecule has 1 rings (SSSR count). The van der Waals surface area contributed by atoms with Crippen molar-refractivity contribution in [2.75, 3.05) is 18.8 Å². The van der Waals surface area contributed by atoms with Crippen molar-refractivity contribution in [1.82, 2.24) is 5.32 Å². The molecule has 0 spiro atoms. The summed E-state index contributed by atoms with van der Waals surface area (Å²) < 4.78 is 0. The van der Waals surface area contributed by atoms with E-state index in [0.717, 1.165) is 25.2 Å². The Labute approximate surface area is 84.5 Å². The van der Waals surface area contributed by atoms with Gasteiger partial charge in [0.05, 0.1) is 6.07 Å². The zero-order valence-corrected chi connectivity index (χ0v) is 8.16. The van der Waals surface area contributed by atoms with Crippen molar-refractivity contribution in [2.24, 2.45) is 0 Å². The molecule has 1 aromatic rings. The van der Waals surface area contributed by atoms with E-state index in [0.29, 0.717) is 6.42 Å². The highest BCUT2D eigenvalue weighted by Crippen LogP contribution is 2.06. The maximum atomic E-state index is 8.31. The number of hydrogen-bond donors (Lipinski definition) is 2. The maximum absolute atomic E-state index is 8.31. The number of nitrogens with zero attached hydrogens (tertiary/aromatic N) is 1. The number of benzene rings is 1. The molecular weight excluding hydrogens is 174 g/mol. The van der Waals surface area contributed by atoms with Gasteiger partial charge in [-0.15, -0.1) is 0 Å². The molecule has 0 radical (unpaired) electrons. The van der Waals surface area contributed by atoms with Crippen molar-refractivity contribution in [3.05, 3.63) is 29.8 Å². The Morgan fingerprint density at radius 3 is 2.93 bits per heavy atom. The lowest BCUT2D eigenvalue weighted by Gasteiger charge is -2.03. The average molecular weight is 189 g/mol. The fourth-order valence-corrected chi connectivity index (χ4v) is 1.25. The van der Waals surface area contributed by atoms with Gasteiger partial charge in [0.15, 0.2) is 0 Å². The molecule has 0 unspecified atom stereocenters. The predicted octanol–water partition coefficient (Wildman–Crippen LogP) is 1.31. The van der Waals surface area contributed by atoms with Gasteiger partial charge in [-0.1, -0.05) is 12.1 Å². The minimum Gasteiger partial charge on any atom is -0.399 e. The summed E-state index contributed by atoms with van der Waals surface area (Å²) >= 11 is 0. The van der Waals surface area contributed by atoms with Crippen LogP contribution in [0.3, 0.4) is 0 Å². The first-order valence-corrected chi connectivity index (χ1v) is 4.75. The van der Waals surface area contributed by atoms with Crippen LogP contribution in [0.1, 0.15) is 12.0 Å². The molecule has 0 aromatic heterocycles. The largest absolute Gasteiger partial charge is 0.399 e. The third-order valence-corrected chi connectivity index (χ3v) is 1.96. The van der Waals surface area contributed by atoms with Gasteiger partial charge in [0.2, 0.25) is 0 Å². The average Bonchev–Trinajstić information content (AvgIpc) is 2.18.